The predicted octanol–water partition coefficient (Wildman–Crippen LogP) is 3.51. The van der Waals surface area contributed by atoms with Gasteiger partial charge >= 0.3 is 6.09 Å². The molecule has 1 atom stereocenters. The number of hydrogen-bond acceptors (Lipinski definition) is 8. The van der Waals surface area contributed by atoms with Gasteiger partial charge in [0.25, 0.3) is 0 Å². The van der Waals surface area contributed by atoms with Crippen molar-refractivity contribution in [3.63, 3.8) is 0 Å². The molecule has 3 aromatic rings. The molecule has 1 aliphatic rings. The number of aryl methyl sites for hydroxylation is 1. The highest BCUT2D eigenvalue weighted by Crippen LogP contribution is 2.40. The van der Waals surface area contributed by atoms with Crippen LogP contribution in [0.25, 0.3) is 4.96 Å². The van der Waals surface area contributed by atoms with Gasteiger partial charge in [0.05, 0.1) is 10.9 Å². The summed E-state index contributed by atoms with van der Waals surface area (Å²) in [7, 11) is 0. The lowest BCUT2D eigenvalue weighted by Crippen LogP contribution is -2.50. The van der Waals surface area contributed by atoms with E-state index in [2.05, 4.69) is 26.4 Å². The number of aromatic nitrogens is 3. The van der Waals surface area contributed by atoms with Gasteiger partial charge in [0, 0.05) is 26.2 Å². The third-order valence-electron chi connectivity index (χ3n) is 4.74. The average molecular weight is 436 g/mol. The van der Waals surface area contributed by atoms with Crippen LogP contribution in [0.4, 0.5) is 4.79 Å². The molecular weight excluding hydrogens is 410 g/mol. The quantitative estimate of drug-likeness (QED) is 0.678. The number of rotatable bonds is 3. The van der Waals surface area contributed by atoms with Crippen LogP contribution in [0, 0.1) is 6.92 Å². The summed E-state index contributed by atoms with van der Waals surface area (Å²) in [5.41, 5.74) is 0.619. The van der Waals surface area contributed by atoms with E-state index >= 15 is 0 Å². The molecule has 1 N–H and O–H groups in total. The molecule has 0 aromatic carbocycles. The zero-order valence-corrected chi connectivity index (χ0v) is 18.6. The summed E-state index contributed by atoms with van der Waals surface area (Å²) in [6, 6.07) is 1.98. The number of fused-ring (bicyclic) bond motifs is 1. The first-order valence-corrected chi connectivity index (χ1v) is 11.3. The Morgan fingerprint density at radius 3 is 2.59 bits per heavy atom. The number of aromatic hydroxyl groups is 1. The van der Waals surface area contributed by atoms with Gasteiger partial charge in [0.1, 0.15) is 11.4 Å². The second-order valence-electron chi connectivity index (χ2n) is 8.11. The van der Waals surface area contributed by atoms with Crippen molar-refractivity contribution in [1.82, 2.24) is 24.4 Å². The average Bonchev–Trinajstić information content (AvgIpc) is 3.35. The van der Waals surface area contributed by atoms with E-state index in [0.717, 1.165) is 10.4 Å². The number of carbonyl (C=O) groups excluding carboxylic acids is 1. The van der Waals surface area contributed by atoms with Crippen molar-refractivity contribution in [2.45, 2.75) is 39.3 Å². The first-order chi connectivity index (χ1) is 13.7. The maximum absolute atomic E-state index is 12.4. The van der Waals surface area contributed by atoms with Crippen LogP contribution in [0.1, 0.15) is 43.1 Å². The standard InChI is InChI=1S/C19H25N5O3S2/c1-12-20-17-24(21-12)16(25)15(29-17)14(13-5-10-28-11-13)22-6-8-23(9-7-22)18(26)27-19(2,3)4/h5,10-11,14,25H,6-9H2,1-4H3/t14-/m1/s1. The van der Waals surface area contributed by atoms with E-state index in [4.69, 9.17) is 4.74 Å². The van der Waals surface area contributed by atoms with Crippen LogP contribution in [-0.2, 0) is 4.74 Å². The van der Waals surface area contributed by atoms with Gasteiger partial charge in [-0.2, -0.15) is 15.9 Å². The summed E-state index contributed by atoms with van der Waals surface area (Å²) in [4.78, 5) is 22.3. The summed E-state index contributed by atoms with van der Waals surface area (Å²) in [6.07, 6.45) is -0.277. The molecule has 3 aromatic heterocycles. The van der Waals surface area contributed by atoms with Gasteiger partial charge in [-0.25, -0.2) is 9.78 Å². The summed E-state index contributed by atoms with van der Waals surface area (Å²) >= 11 is 3.09. The predicted molar refractivity (Wildman–Crippen MR) is 113 cm³/mol. The number of nitrogens with zero attached hydrogens (tertiary/aromatic N) is 5. The molecule has 1 saturated heterocycles. The maximum atomic E-state index is 12.4. The van der Waals surface area contributed by atoms with E-state index < -0.39 is 5.60 Å². The third kappa shape index (κ3) is 4.10. The minimum Gasteiger partial charge on any atom is -0.492 e. The van der Waals surface area contributed by atoms with Crippen LogP contribution < -0.4 is 0 Å². The van der Waals surface area contributed by atoms with Gasteiger partial charge < -0.3 is 14.7 Å². The highest BCUT2D eigenvalue weighted by molar-refractivity contribution is 7.17. The fraction of sp³-hybridized carbons (Fsp3) is 0.526. The van der Waals surface area contributed by atoms with Crippen LogP contribution in [0.5, 0.6) is 5.88 Å². The Hall–Kier alpha value is -2.17. The fourth-order valence-electron chi connectivity index (χ4n) is 3.47. The zero-order chi connectivity index (χ0) is 20.8. The molecule has 8 nitrogen and oxygen atoms in total. The van der Waals surface area contributed by atoms with Crippen molar-refractivity contribution in [3.05, 3.63) is 33.1 Å². The molecule has 1 aliphatic heterocycles. The molecule has 0 aliphatic carbocycles. The number of piperazine rings is 1. The van der Waals surface area contributed by atoms with Gasteiger partial charge in [-0.05, 0) is 50.1 Å². The maximum Gasteiger partial charge on any atom is 0.410 e. The van der Waals surface area contributed by atoms with Crippen molar-refractivity contribution < 1.29 is 14.6 Å². The normalized spacial score (nSPS) is 17.0. The number of amides is 1. The largest absolute Gasteiger partial charge is 0.492 e. The van der Waals surface area contributed by atoms with Gasteiger partial charge in [-0.3, -0.25) is 4.90 Å². The molecule has 10 heteroatoms. The summed E-state index contributed by atoms with van der Waals surface area (Å²) in [5, 5.41) is 19.3. The number of ether oxygens (including phenoxy) is 1. The minimum absolute atomic E-state index is 0.101. The summed E-state index contributed by atoms with van der Waals surface area (Å²) in [5.74, 6) is 0.771. The monoisotopic (exact) mass is 435 g/mol. The van der Waals surface area contributed by atoms with Crippen molar-refractivity contribution in [2.75, 3.05) is 26.2 Å². The van der Waals surface area contributed by atoms with Crippen molar-refractivity contribution in [1.29, 1.82) is 0 Å². The summed E-state index contributed by atoms with van der Waals surface area (Å²) < 4.78 is 7.01. The molecule has 1 fully saturated rings. The molecule has 0 bridgehead atoms. The topological polar surface area (TPSA) is 83.2 Å². The Morgan fingerprint density at radius 2 is 2.00 bits per heavy atom. The lowest BCUT2D eigenvalue weighted by molar-refractivity contribution is 0.0119. The van der Waals surface area contributed by atoms with Gasteiger partial charge in [0.15, 0.2) is 0 Å². The molecule has 0 spiro atoms. The molecule has 0 unspecified atom stereocenters. The van der Waals surface area contributed by atoms with Crippen LogP contribution in [0.15, 0.2) is 16.8 Å². The van der Waals surface area contributed by atoms with E-state index in [9.17, 15) is 9.90 Å². The first kappa shape index (κ1) is 20.1. The third-order valence-corrected chi connectivity index (χ3v) is 6.52. The number of thiophene rings is 1. The van der Waals surface area contributed by atoms with E-state index in [-0.39, 0.29) is 18.0 Å². The Bertz CT molecular complexity index is 997. The Kier molecular flexibility index (Phi) is 5.26. The van der Waals surface area contributed by atoms with Gasteiger partial charge in [0.2, 0.25) is 10.8 Å². The van der Waals surface area contributed by atoms with Crippen LogP contribution in [0.3, 0.4) is 0 Å². The Balaban J connectivity index is 1.57. The van der Waals surface area contributed by atoms with Crippen molar-refractivity contribution >= 4 is 33.7 Å². The zero-order valence-electron chi connectivity index (χ0n) is 17.0. The highest BCUT2D eigenvalue weighted by atomic mass is 32.1. The smallest absolute Gasteiger partial charge is 0.410 e. The minimum atomic E-state index is -0.504. The molecule has 0 radical (unpaired) electrons. The van der Waals surface area contributed by atoms with Gasteiger partial charge in [-0.1, -0.05) is 11.3 Å². The van der Waals surface area contributed by atoms with E-state index in [0.29, 0.717) is 37.0 Å². The number of hydrogen-bond donors (Lipinski definition) is 1. The van der Waals surface area contributed by atoms with E-state index in [1.165, 1.54) is 15.9 Å². The van der Waals surface area contributed by atoms with E-state index in [1.807, 2.05) is 33.1 Å². The fourth-order valence-corrected chi connectivity index (χ4v) is 5.32. The van der Waals surface area contributed by atoms with Gasteiger partial charge in [-0.15, -0.1) is 5.10 Å². The molecule has 29 heavy (non-hydrogen) atoms. The van der Waals surface area contributed by atoms with E-state index in [1.54, 1.807) is 16.2 Å². The van der Waals surface area contributed by atoms with Crippen LogP contribution in [0.2, 0.25) is 0 Å². The molecule has 0 saturated carbocycles. The number of thiazole rings is 1. The first-order valence-electron chi connectivity index (χ1n) is 9.52. The lowest BCUT2D eigenvalue weighted by Gasteiger charge is -2.39. The molecule has 4 rings (SSSR count). The van der Waals surface area contributed by atoms with Crippen LogP contribution in [-0.4, -0.2) is 67.4 Å². The van der Waals surface area contributed by atoms with Crippen molar-refractivity contribution in [2.24, 2.45) is 0 Å². The lowest BCUT2D eigenvalue weighted by atomic mass is 10.1. The highest BCUT2D eigenvalue weighted by Gasteiger charge is 2.33. The Labute approximate surface area is 177 Å². The Morgan fingerprint density at radius 1 is 1.28 bits per heavy atom. The molecule has 1 amide bonds. The second-order valence-corrected chi connectivity index (χ2v) is 9.90. The molecular formula is C19H25N5O3S2. The van der Waals surface area contributed by atoms with Crippen LogP contribution >= 0.6 is 22.7 Å². The number of carbonyl (C=O) groups is 1. The SMILES string of the molecule is Cc1nc2sc([C@@H](c3ccsc3)N3CCN(C(=O)OC(C)(C)C)CC3)c(O)n2n1. The molecule has 156 valence electrons. The van der Waals surface area contributed by atoms with Crippen molar-refractivity contribution in [3.8, 4) is 5.88 Å². The summed E-state index contributed by atoms with van der Waals surface area (Å²) in [6.45, 7) is 9.97. The second kappa shape index (κ2) is 7.58. The molecule has 4 heterocycles.